The van der Waals surface area contributed by atoms with E-state index in [1.807, 2.05) is 18.7 Å². The molecule has 0 saturated carbocycles. The fourth-order valence-electron chi connectivity index (χ4n) is 3.27. The highest BCUT2D eigenvalue weighted by Gasteiger charge is 2.28. The van der Waals surface area contributed by atoms with E-state index in [0.717, 1.165) is 16.4 Å². The van der Waals surface area contributed by atoms with E-state index in [1.165, 1.54) is 18.1 Å². The highest BCUT2D eigenvalue weighted by Crippen LogP contribution is 2.33. The summed E-state index contributed by atoms with van der Waals surface area (Å²) in [5, 5.41) is 3.04. The van der Waals surface area contributed by atoms with E-state index in [-0.39, 0.29) is 17.3 Å². The van der Waals surface area contributed by atoms with Gasteiger partial charge in [-0.2, -0.15) is 4.98 Å². The lowest BCUT2D eigenvalue weighted by Crippen LogP contribution is -2.29. The van der Waals surface area contributed by atoms with Gasteiger partial charge in [0.25, 0.3) is 10.0 Å². The van der Waals surface area contributed by atoms with E-state index < -0.39 is 32.6 Å². The average molecular weight is 535 g/mol. The number of hydrogen-bond acceptors (Lipinski definition) is 8. The number of carbonyl (C=O) groups excluding carboxylic acids is 1. The van der Waals surface area contributed by atoms with E-state index in [2.05, 4.69) is 15.3 Å². The molecule has 1 aromatic heterocycles. The number of rotatable bonds is 9. The SMILES string of the molecule is CCN(CC)c1ncc(N(C)S(=O)(=O)c2ccc(F)cc2F)c(Nc2cccc(OC(=O)N(C)C)c2)n1. The zero-order valence-electron chi connectivity index (χ0n) is 21.1. The second-order valence-electron chi connectivity index (χ2n) is 8.04. The van der Waals surface area contributed by atoms with Gasteiger partial charge in [-0.25, -0.2) is 27.0 Å². The highest BCUT2D eigenvalue weighted by atomic mass is 32.2. The molecule has 0 unspecified atom stereocenters. The molecule has 0 aliphatic carbocycles. The van der Waals surface area contributed by atoms with Gasteiger partial charge in [-0.1, -0.05) is 6.07 Å². The molecule has 0 saturated heterocycles. The monoisotopic (exact) mass is 534 g/mol. The minimum atomic E-state index is -4.45. The molecule has 0 aliphatic rings. The van der Waals surface area contributed by atoms with Gasteiger partial charge >= 0.3 is 6.09 Å². The molecule has 0 bridgehead atoms. The van der Waals surface area contributed by atoms with Crippen LogP contribution in [0.25, 0.3) is 0 Å². The van der Waals surface area contributed by atoms with Crippen molar-refractivity contribution in [2.45, 2.75) is 18.7 Å². The lowest BCUT2D eigenvalue weighted by molar-refractivity contribution is 0.172. The van der Waals surface area contributed by atoms with Gasteiger partial charge in [0.15, 0.2) is 5.82 Å². The third-order valence-electron chi connectivity index (χ3n) is 5.34. The molecule has 37 heavy (non-hydrogen) atoms. The minimum Gasteiger partial charge on any atom is -0.410 e. The van der Waals surface area contributed by atoms with Crippen LogP contribution in [0, 0.1) is 11.6 Å². The Balaban J connectivity index is 2.06. The van der Waals surface area contributed by atoms with Gasteiger partial charge in [-0.05, 0) is 38.1 Å². The Bertz CT molecular complexity index is 1380. The molecule has 1 heterocycles. The third kappa shape index (κ3) is 6.23. The molecule has 2 aromatic carbocycles. The Morgan fingerprint density at radius 2 is 1.76 bits per heavy atom. The molecule has 13 heteroatoms. The molecule has 10 nitrogen and oxygen atoms in total. The van der Waals surface area contributed by atoms with Crippen molar-refractivity contribution in [2.75, 3.05) is 48.8 Å². The number of amides is 1. The average Bonchev–Trinajstić information content (AvgIpc) is 2.84. The van der Waals surface area contributed by atoms with Crippen LogP contribution >= 0.6 is 0 Å². The normalized spacial score (nSPS) is 11.1. The summed E-state index contributed by atoms with van der Waals surface area (Å²) in [6, 6.07) is 8.66. The zero-order chi connectivity index (χ0) is 27.3. The molecular formula is C24H28F2N6O4S. The number of aromatic nitrogens is 2. The number of benzene rings is 2. The maximum atomic E-state index is 14.4. The van der Waals surface area contributed by atoms with Crippen LogP contribution < -0.4 is 19.3 Å². The molecule has 0 fully saturated rings. The Morgan fingerprint density at radius 3 is 2.38 bits per heavy atom. The topological polar surface area (TPSA) is 108 Å². The molecule has 0 spiro atoms. The van der Waals surface area contributed by atoms with Crippen molar-refractivity contribution in [2.24, 2.45) is 0 Å². The van der Waals surface area contributed by atoms with Gasteiger partial charge in [-0.15, -0.1) is 0 Å². The number of nitrogens with zero attached hydrogens (tertiary/aromatic N) is 5. The van der Waals surface area contributed by atoms with Crippen molar-refractivity contribution in [3.63, 3.8) is 0 Å². The Morgan fingerprint density at radius 1 is 1.05 bits per heavy atom. The summed E-state index contributed by atoms with van der Waals surface area (Å²) in [7, 11) is -0.136. The van der Waals surface area contributed by atoms with Crippen molar-refractivity contribution in [1.82, 2.24) is 14.9 Å². The van der Waals surface area contributed by atoms with Crippen molar-refractivity contribution >= 4 is 39.3 Å². The first kappa shape index (κ1) is 27.6. The first-order chi connectivity index (χ1) is 17.5. The second kappa shape index (κ2) is 11.4. The van der Waals surface area contributed by atoms with E-state index in [4.69, 9.17) is 4.74 Å². The lowest BCUT2D eigenvalue weighted by Gasteiger charge is -2.25. The number of sulfonamides is 1. The van der Waals surface area contributed by atoms with E-state index in [1.54, 1.807) is 38.4 Å². The maximum Gasteiger partial charge on any atom is 0.414 e. The molecule has 3 rings (SSSR count). The number of ether oxygens (including phenoxy) is 1. The maximum absolute atomic E-state index is 14.4. The van der Waals surface area contributed by atoms with Crippen LogP contribution in [0.15, 0.2) is 53.6 Å². The first-order valence-corrected chi connectivity index (χ1v) is 12.7. The number of nitrogens with one attached hydrogen (secondary N) is 1. The largest absolute Gasteiger partial charge is 0.414 e. The standard InChI is InChI=1S/C24H28F2N6O4S/c1-6-32(7-2)23-27-15-20(31(5)37(34,35)21-12-11-16(25)13-19(21)26)22(29-23)28-17-9-8-10-18(14-17)36-24(33)30(3)4/h8-15H,6-7H2,1-5H3,(H,27,28,29). The summed E-state index contributed by atoms with van der Waals surface area (Å²) in [6.07, 6.45) is 0.730. The highest BCUT2D eigenvalue weighted by molar-refractivity contribution is 7.92. The molecule has 0 aliphatic heterocycles. The summed E-state index contributed by atoms with van der Waals surface area (Å²) >= 11 is 0. The molecule has 3 aromatic rings. The van der Waals surface area contributed by atoms with Crippen molar-refractivity contribution in [1.29, 1.82) is 0 Å². The predicted octanol–water partition coefficient (Wildman–Crippen LogP) is 4.23. The van der Waals surface area contributed by atoms with Crippen LogP contribution in [0.5, 0.6) is 5.75 Å². The molecule has 1 N–H and O–H groups in total. The molecule has 1 amide bonds. The smallest absolute Gasteiger partial charge is 0.410 e. The zero-order valence-corrected chi connectivity index (χ0v) is 21.9. The predicted molar refractivity (Wildman–Crippen MR) is 137 cm³/mol. The van der Waals surface area contributed by atoms with Crippen LogP contribution in [0.1, 0.15) is 13.8 Å². The summed E-state index contributed by atoms with van der Waals surface area (Å²) in [4.78, 5) is 23.2. The van der Waals surface area contributed by atoms with Gasteiger partial charge < -0.3 is 19.9 Å². The van der Waals surface area contributed by atoms with Gasteiger partial charge in [0.2, 0.25) is 5.95 Å². The first-order valence-electron chi connectivity index (χ1n) is 11.3. The Hall–Kier alpha value is -4.00. The lowest BCUT2D eigenvalue weighted by atomic mass is 10.3. The third-order valence-corrected chi connectivity index (χ3v) is 7.15. The summed E-state index contributed by atoms with van der Waals surface area (Å²) in [5.41, 5.74) is 0.448. The summed E-state index contributed by atoms with van der Waals surface area (Å²) in [6.45, 7) is 5.04. The molecule has 198 valence electrons. The second-order valence-corrected chi connectivity index (χ2v) is 9.98. The van der Waals surface area contributed by atoms with Crippen molar-refractivity contribution in [3.05, 3.63) is 60.3 Å². The van der Waals surface area contributed by atoms with Gasteiger partial charge in [0.1, 0.15) is 28.0 Å². The van der Waals surface area contributed by atoms with Crippen LogP contribution in [0.2, 0.25) is 0 Å². The Kier molecular flexibility index (Phi) is 8.48. The van der Waals surface area contributed by atoms with Crippen molar-refractivity contribution < 1.29 is 26.7 Å². The van der Waals surface area contributed by atoms with Crippen LogP contribution in [0.4, 0.5) is 36.7 Å². The summed E-state index contributed by atoms with van der Waals surface area (Å²) < 4.78 is 60.4. The minimum absolute atomic E-state index is 0.00956. The quantitative estimate of drug-likeness (QED) is 0.435. The number of anilines is 4. The summed E-state index contributed by atoms with van der Waals surface area (Å²) in [5.74, 6) is -1.44. The van der Waals surface area contributed by atoms with Crippen LogP contribution in [-0.2, 0) is 10.0 Å². The van der Waals surface area contributed by atoms with Gasteiger partial charge in [0.05, 0.1) is 6.20 Å². The van der Waals surface area contributed by atoms with E-state index in [0.29, 0.717) is 30.8 Å². The van der Waals surface area contributed by atoms with Crippen LogP contribution in [-0.4, -0.2) is 63.6 Å². The molecular weight excluding hydrogens is 506 g/mol. The molecule has 0 radical (unpaired) electrons. The fraction of sp³-hybridized carbons (Fsp3) is 0.292. The van der Waals surface area contributed by atoms with E-state index >= 15 is 0 Å². The number of hydrogen-bond donors (Lipinski definition) is 1. The van der Waals surface area contributed by atoms with E-state index in [9.17, 15) is 22.0 Å². The number of halogens is 2. The van der Waals surface area contributed by atoms with Gasteiger partial charge in [-0.3, -0.25) is 4.31 Å². The Labute approximate surface area is 214 Å². The fourth-order valence-corrected chi connectivity index (χ4v) is 4.51. The van der Waals surface area contributed by atoms with Gasteiger partial charge in [0, 0.05) is 52.1 Å². The van der Waals surface area contributed by atoms with Crippen molar-refractivity contribution in [3.8, 4) is 5.75 Å². The molecule has 0 atom stereocenters. The number of carbonyl (C=O) groups is 1. The van der Waals surface area contributed by atoms with Crippen LogP contribution in [0.3, 0.4) is 0 Å².